The largest absolute Gasteiger partial charge is 0.394 e. The van der Waals surface area contributed by atoms with Gasteiger partial charge in [0.15, 0.2) is 0 Å². The lowest BCUT2D eigenvalue weighted by molar-refractivity contribution is 0.0830. The molecule has 0 aromatic heterocycles. The van der Waals surface area contributed by atoms with E-state index in [0.717, 1.165) is 12.8 Å². The summed E-state index contributed by atoms with van der Waals surface area (Å²) in [6.07, 6.45) is 5.38. The zero-order chi connectivity index (χ0) is 9.47. The second kappa shape index (κ2) is 3.23. The van der Waals surface area contributed by atoms with E-state index in [2.05, 4.69) is 0 Å². The average molecular weight is 185 g/mol. The van der Waals surface area contributed by atoms with Crippen LogP contribution in [0.15, 0.2) is 0 Å². The van der Waals surface area contributed by atoms with E-state index in [9.17, 15) is 0 Å². The molecular weight excluding hydrogens is 166 g/mol. The Morgan fingerprint density at radius 3 is 2.77 bits per heavy atom. The minimum atomic E-state index is -0.418. The van der Waals surface area contributed by atoms with Gasteiger partial charge in [0.1, 0.15) is 0 Å². The lowest BCUT2D eigenvalue weighted by Gasteiger charge is -2.28. The third-order valence-electron chi connectivity index (χ3n) is 3.32. The summed E-state index contributed by atoms with van der Waals surface area (Å²) in [6.45, 7) is 1.99. The molecule has 3 nitrogen and oxygen atoms in total. The van der Waals surface area contributed by atoms with E-state index in [4.69, 9.17) is 15.6 Å². The summed E-state index contributed by atoms with van der Waals surface area (Å²) in [5.41, 5.74) is 5.50. The molecule has 2 fully saturated rings. The van der Waals surface area contributed by atoms with Gasteiger partial charge >= 0.3 is 0 Å². The molecular formula is C10H19NO2. The summed E-state index contributed by atoms with van der Waals surface area (Å²) in [5.74, 6) is 0.584. The molecule has 0 aromatic rings. The minimum Gasteiger partial charge on any atom is -0.394 e. The minimum absolute atomic E-state index is 0.0703. The first-order chi connectivity index (χ1) is 6.11. The fraction of sp³-hybridized carbons (Fsp3) is 1.00. The molecule has 4 atom stereocenters. The van der Waals surface area contributed by atoms with Gasteiger partial charge in [-0.25, -0.2) is 0 Å². The predicted octanol–water partition coefficient (Wildman–Crippen LogP) is 0.654. The predicted molar refractivity (Wildman–Crippen MR) is 50.3 cm³/mol. The molecule has 13 heavy (non-hydrogen) atoms. The Morgan fingerprint density at radius 2 is 2.31 bits per heavy atom. The topological polar surface area (TPSA) is 55.5 Å². The summed E-state index contributed by atoms with van der Waals surface area (Å²) in [7, 11) is 0. The fourth-order valence-electron chi connectivity index (χ4n) is 2.62. The van der Waals surface area contributed by atoms with Crippen LogP contribution in [0, 0.1) is 5.92 Å². The molecule has 2 heterocycles. The number of aliphatic hydroxyl groups is 1. The van der Waals surface area contributed by atoms with Crippen molar-refractivity contribution in [3.63, 3.8) is 0 Å². The van der Waals surface area contributed by atoms with Crippen molar-refractivity contribution in [2.75, 3.05) is 6.61 Å². The number of hydrogen-bond donors (Lipinski definition) is 2. The van der Waals surface area contributed by atoms with Gasteiger partial charge in [-0.15, -0.1) is 0 Å². The smallest absolute Gasteiger partial charge is 0.0609 e. The molecule has 4 unspecified atom stereocenters. The zero-order valence-corrected chi connectivity index (χ0v) is 8.20. The number of aliphatic hydroxyl groups excluding tert-OH is 1. The zero-order valence-electron chi connectivity index (χ0n) is 8.20. The van der Waals surface area contributed by atoms with E-state index in [0.29, 0.717) is 18.1 Å². The summed E-state index contributed by atoms with van der Waals surface area (Å²) in [6, 6.07) is 0. The van der Waals surface area contributed by atoms with Gasteiger partial charge in [0, 0.05) is 5.54 Å². The van der Waals surface area contributed by atoms with Gasteiger partial charge in [0.05, 0.1) is 18.8 Å². The van der Waals surface area contributed by atoms with E-state index in [1.807, 2.05) is 6.92 Å². The van der Waals surface area contributed by atoms with Crippen molar-refractivity contribution in [1.82, 2.24) is 0 Å². The van der Waals surface area contributed by atoms with E-state index < -0.39 is 5.54 Å². The highest BCUT2D eigenvalue weighted by molar-refractivity contribution is 4.93. The molecule has 2 rings (SSSR count). The van der Waals surface area contributed by atoms with Crippen LogP contribution in [0.1, 0.15) is 32.6 Å². The molecule has 3 N–H and O–H groups in total. The molecule has 2 aliphatic rings. The summed E-state index contributed by atoms with van der Waals surface area (Å²) in [4.78, 5) is 0. The average Bonchev–Trinajstić information content (AvgIpc) is 2.64. The van der Waals surface area contributed by atoms with Crippen LogP contribution in [0.3, 0.4) is 0 Å². The lowest BCUT2D eigenvalue weighted by Crippen LogP contribution is -2.43. The van der Waals surface area contributed by atoms with Crippen LogP contribution in [0.5, 0.6) is 0 Å². The monoisotopic (exact) mass is 185 g/mol. The number of fused-ring (bicyclic) bond motifs is 2. The third kappa shape index (κ3) is 1.87. The van der Waals surface area contributed by atoms with Gasteiger partial charge in [-0.2, -0.15) is 0 Å². The van der Waals surface area contributed by atoms with Gasteiger partial charge in [-0.3, -0.25) is 0 Å². The highest BCUT2D eigenvalue weighted by Crippen LogP contribution is 2.41. The number of ether oxygens (including phenoxy) is 1. The van der Waals surface area contributed by atoms with Crippen LogP contribution in [0.4, 0.5) is 0 Å². The number of rotatable bonds is 3. The molecule has 0 radical (unpaired) electrons. The Morgan fingerprint density at radius 1 is 1.54 bits per heavy atom. The first-order valence-corrected chi connectivity index (χ1v) is 5.16. The summed E-state index contributed by atoms with van der Waals surface area (Å²) in [5, 5.41) is 9.06. The Labute approximate surface area is 79.3 Å². The van der Waals surface area contributed by atoms with Crippen molar-refractivity contribution < 1.29 is 9.84 Å². The van der Waals surface area contributed by atoms with E-state index in [1.165, 1.54) is 12.8 Å². The van der Waals surface area contributed by atoms with Crippen molar-refractivity contribution in [2.24, 2.45) is 11.7 Å². The standard InChI is InChI=1S/C10H19NO2/c1-10(11,6-12)5-7-4-8-2-3-9(7)13-8/h7-9,12H,2-6,11H2,1H3. The lowest BCUT2D eigenvalue weighted by atomic mass is 9.81. The van der Waals surface area contributed by atoms with E-state index >= 15 is 0 Å². The van der Waals surface area contributed by atoms with Crippen LogP contribution < -0.4 is 5.73 Å². The second-order valence-corrected chi connectivity index (χ2v) is 4.89. The molecule has 2 bridgehead atoms. The normalized spacial score (nSPS) is 42.2. The van der Waals surface area contributed by atoms with Crippen molar-refractivity contribution in [3.8, 4) is 0 Å². The van der Waals surface area contributed by atoms with Crippen LogP contribution >= 0.6 is 0 Å². The molecule has 0 aromatic carbocycles. The first kappa shape index (κ1) is 9.44. The Kier molecular flexibility index (Phi) is 2.34. The van der Waals surface area contributed by atoms with Crippen molar-refractivity contribution in [2.45, 2.75) is 50.4 Å². The highest BCUT2D eigenvalue weighted by Gasteiger charge is 2.42. The molecule has 76 valence electrons. The Hall–Kier alpha value is -0.120. The van der Waals surface area contributed by atoms with E-state index in [1.54, 1.807) is 0 Å². The molecule has 0 aliphatic carbocycles. The molecule has 0 spiro atoms. The van der Waals surface area contributed by atoms with E-state index in [-0.39, 0.29) is 6.61 Å². The Balaban J connectivity index is 1.89. The maximum atomic E-state index is 9.06. The second-order valence-electron chi connectivity index (χ2n) is 4.89. The quantitative estimate of drug-likeness (QED) is 0.679. The molecule has 0 saturated carbocycles. The van der Waals surface area contributed by atoms with Crippen LogP contribution in [0.2, 0.25) is 0 Å². The van der Waals surface area contributed by atoms with Crippen LogP contribution in [-0.2, 0) is 4.74 Å². The maximum Gasteiger partial charge on any atom is 0.0609 e. The van der Waals surface area contributed by atoms with Gasteiger partial charge in [0.25, 0.3) is 0 Å². The Bertz CT molecular complexity index is 193. The molecule has 2 aliphatic heterocycles. The summed E-state index contributed by atoms with van der Waals surface area (Å²) < 4.78 is 5.74. The van der Waals surface area contributed by atoms with Crippen molar-refractivity contribution in [3.05, 3.63) is 0 Å². The van der Waals surface area contributed by atoms with Gasteiger partial charge in [-0.05, 0) is 38.5 Å². The van der Waals surface area contributed by atoms with Gasteiger partial charge in [0.2, 0.25) is 0 Å². The molecule has 2 saturated heterocycles. The highest BCUT2D eigenvalue weighted by atomic mass is 16.5. The van der Waals surface area contributed by atoms with Crippen molar-refractivity contribution in [1.29, 1.82) is 0 Å². The van der Waals surface area contributed by atoms with Crippen LogP contribution in [0.25, 0.3) is 0 Å². The molecule has 0 amide bonds. The first-order valence-electron chi connectivity index (χ1n) is 5.16. The van der Waals surface area contributed by atoms with Crippen LogP contribution in [-0.4, -0.2) is 29.5 Å². The SMILES string of the molecule is CC(N)(CO)CC1CC2CCC1O2. The van der Waals surface area contributed by atoms with Crippen molar-refractivity contribution >= 4 is 0 Å². The maximum absolute atomic E-state index is 9.06. The number of nitrogens with two attached hydrogens (primary N) is 1. The van der Waals surface area contributed by atoms with Gasteiger partial charge < -0.3 is 15.6 Å². The van der Waals surface area contributed by atoms with Gasteiger partial charge in [-0.1, -0.05) is 0 Å². The molecule has 3 heteroatoms. The summed E-state index contributed by atoms with van der Waals surface area (Å²) >= 11 is 0. The fourth-order valence-corrected chi connectivity index (χ4v) is 2.62. The number of hydrogen-bond acceptors (Lipinski definition) is 3. The third-order valence-corrected chi connectivity index (χ3v) is 3.32.